The summed E-state index contributed by atoms with van der Waals surface area (Å²) in [5, 5.41) is 11.6. The lowest BCUT2D eigenvalue weighted by atomic mass is 10.1. The SMILES string of the molecule is COc1cc(S(N)(=O)=O)ccc1NCC#Cc1cc2c(NC3=CCN(C)C[C@@H]3F)cccc2n1CC(F)(F)F. The van der Waals surface area contributed by atoms with Crippen molar-refractivity contribution in [1.82, 2.24) is 9.47 Å². The van der Waals surface area contributed by atoms with E-state index in [1.165, 1.54) is 25.3 Å². The van der Waals surface area contributed by atoms with Gasteiger partial charge in [0.15, 0.2) is 6.17 Å². The molecule has 0 saturated heterocycles. The molecule has 39 heavy (non-hydrogen) atoms. The Morgan fingerprint density at radius 1 is 1.18 bits per heavy atom. The highest BCUT2D eigenvalue weighted by Crippen LogP contribution is 2.32. The summed E-state index contributed by atoms with van der Waals surface area (Å²) < 4.78 is 84.4. The molecule has 0 saturated carbocycles. The van der Waals surface area contributed by atoms with E-state index in [0.29, 0.717) is 34.5 Å². The van der Waals surface area contributed by atoms with Gasteiger partial charge in [0.2, 0.25) is 10.0 Å². The molecule has 1 aliphatic rings. The molecule has 2 aromatic carbocycles. The maximum Gasteiger partial charge on any atom is 0.406 e. The van der Waals surface area contributed by atoms with Crippen molar-refractivity contribution < 1.29 is 30.7 Å². The first-order chi connectivity index (χ1) is 18.4. The molecule has 0 fully saturated rings. The number of aromatic nitrogens is 1. The summed E-state index contributed by atoms with van der Waals surface area (Å²) in [5.41, 5.74) is 1.70. The summed E-state index contributed by atoms with van der Waals surface area (Å²) in [5.74, 6) is 5.79. The average molecular weight is 566 g/mol. The van der Waals surface area contributed by atoms with E-state index in [0.717, 1.165) is 4.57 Å². The molecule has 1 atom stereocenters. The van der Waals surface area contributed by atoms with Crippen LogP contribution in [0.4, 0.5) is 28.9 Å². The Hall–Kier alpha value is -3.73. The number of primary sulfonamides is 1. The normalized spacial score (nSPS) is 16.4. The number of nitrogens with two attached hydrogens (primary N) is 1. The third-order valence-corrected chi connectivity index (χ3v) is 6.99. The molecular weight excluding hydrogens is 538 g/mol. The van der Waals surface area contributed by atoms with Crippen molar-refractivity contribution in [2.24, 2.45) is 5.14 Å². The Morgan fingerprint density at radius 3 is 2.62 bits per heavy atom. The minimum absolute atomic E-state index is 0.0215. The lowest BCUT2D eigenvalue weighted by Gasteiger charge is -2.26. The summed E-state index contributed by atoms with van der Waals surface area (Å²) in [7, 11) is -0.773. The van der Waals surface area contributed by atoms with Gasteiger partial charge in [-0.2, -0.15) is 13.2 Å². The predicted molar refractivity (Wildman–Crippen MR) is 142 cm³/mol. The van der Waals surface area contributed by atoms with Crippen molar-refractivity contribution in [1.29, 1.82) is 0 Å². The van der Waals surface area contributed by atoms with Crippen molar-refractivity contribution in [2.45, 2.75) is 23.8 Å². The molecule has 13 heteroatoms. The van der Waals surface area contributed by atoms with Gasteiger partial charge < -0.3 is 19.9 Å². The number of alkyl halides is 4. The Balaban J connectivity index is 1.63. The number of likely N-dealkylation sites (N-methyl/N-ethyl adjacent to an activating group) is 1. The van der Waals surface area contributed by atoms with Crippen molar-refractivity contribution in [3.05, 3.63) is 59.9 Å². The second kappa shape index (κ2) is 11.2. The summed E-state index contributed by atoms with van der Waals surface area (Å²) in [6.45, 7) is -0.469. The number of methoxy groups -OCH3 is 1. The fraction of sp³-hybridized carbons (Fsp3) is 0.308. The lowest BCUT2D eigenvalue weighted by molar-refractivity contribution is -0.140. The van der Waals surface area contributed by atoms with Gasteiger partial charge in [-0.05, 0) is 49.4 Å². The first kappa shape index (κ1) is 28.3. The fourth-order valence-corrected chi connectivity index (χ4v) is 4.76. The number of hydrogen-bond donors (Lipinski definition) is 3. The van der Waals surface area contributed by atoms with Crippen LogP contribution in [0.5, 0.6) is 5.75 Å². The molecule has 0 amide bonds. The zero-order valence-corrected chi connectivity index (χ0v) is 22.0. The van der Waals surface area contributed by atoms with E-state index in [1.54, 1.807) is 37.4 Å². The van der Waals surface area contributed by atoms with Gasteiger partial charge in [0.05, 0.1) is 35.4 Å². The summed E-state index contributed by atoms with van der Waals surface area (Å²) in [4.78, 5) is 1.69. The topological polar surface area (TPSA) is 102 Å². The van der Waals surface area contributed by atoms with Crippen LogP contribution in [-0.2, 0) is 16.6 Å². The smallest absolute Gasteiger partial charge is 0.406 e. The Labute approximate surface area is 223 Å². The van der Waals surface area contributed by atoms with Gasteiger partial charge in [0, 0.05) is 35.9 Å². The molecule has 8 nitrogen and oxygen atoms in total. The Kier molecular flexibility index (Phi) is 8.10. The summed E-state index contributed by atoms with van der Waals surface area (Å²) in [6.07, 6.45) is -4.03. The quantitative estimate of drug-likeness (QED) is 0.297. The maximum atomic E-state index is 14.6. The van der Waals surface area contributed by atoms with Gasteiger partial charge in [0.1, 0.15) is 12.3 Å². The summed E-state index contributed by atoms with van der Waals surface area (Å²) in [6, 6.07) is 10.4. The number of rotatable bonds is 7. The minimum Gasteiger partial charge on any atom is -0.495 e. The number of nitrogens with zero attached hydrogens (tertiary/aromatic N) is 2. The second-order valence-electron chi connectivity index (χ2n) is 9.00. The average Bonchev–Trinajstić information content (AvgIpc) is 3.19. The molecule has 0 unspecified atom stereocenters. The minimum atomic E-state index is -4.50. The molecule has 0 spiro atoms. The van der Waals surface area contributed by atoms with Crippen molar-refractivity contribution in [3.63, 3.8) is 0 Å². The molecular formula is C26H27F4N5O3S. The van der Waals surface area contributed by atoms with Crippen LogP contribution in [0.1, 0.15) is 5.69 Å². The maximum absolute atomic E-state index is 14.6. The van der Waals surface area contributed by atoms with Gasteiger partial charge in [-0.15, -0.1) is 0 Å². The van der Waals surface area contributed by atoms with E-state index in [4.69, 9.17) is 9.88 Å². The van der Waals surface area contributed by atoms with E-state index in [1.807, 2.05) is 4.90 Å². The van der Waals surface area contributed by atoms with Crippen LogP contribution >= 0.6 is 0 Å². The number of anilines is 2. The Morgan fingerprint density at radius 2 is 1.95 bits per heavy atom. The van der Waals surface area contributed by atoms with Crippen molar-refractivity contribution in [2.75, 3.05) is 44.4 Å². The zero-order valence-electron chi connectivity index (χ0n) is 21.1. The zero-order chi connectivity index (χ0) is 28.4. The highest BCUT2D eigenvalue weighted by atomic mass is 32.2. The van der Waals surface area contributed by atoms with E-state index in [-0.39, 0.29) is 29.4 Å². The highest BCUT2D eigenvalue weighted by molar-refractivity contribution is 7.89. The van der Waals surface area contributed by atoms with Crippen LogP contribution in [0.2, 0.25) is 0 Å². The molecule has 0 bridgehead atoms. The van der Waals surface area contributed by atoms with Crippen LogP contribution in [-0.4, -0.2) is 64.0 Å². The molecule has 208 valence electrons. The monoisotopic (exact) mass is 565 g/mol. The van der Waals surface area contributed by atoms with Crippen LogP contribution in [0.15, 0.2) is 59.1 Å². The first-order valence-corrected chi connectivity index (χ1v) is 13.3. The molecule has 2 heterocycles. The molecule has 4 rings (SSSR count). The van der Waals surface area contributed by atoms with E-state index in [2.05, 4.69) is 22.5 Å². The number of fused-ring (bicyclic) bond motifs is 1. The van der Waals surface area contributed by atoms with E-state index >= 15 is 0 Å². The third-order valence-electron chi connectivity index (χ3n) is 6.08. The summed E-state index contributed by atoms with van der Waals surface area (Å²) >= 11 is 0. The number of sulfonamides is 1. The Bertz CT molecular complexity index is 1570. The third kappa shape index (κ3) is 6.83. The van der Waals surface area contributed by atoms with E-state index in [9.17, 15) is 26.0 Å². The largest absolute Gasteiger partial charge is 0.495 e. The molecule has 4 N–H and O–H groups in total. The molecule has 0 aliphatic carbocycles. The predicted octanol–water partition coefficient (Wildman–Crippen LogP) is 3.90. The molecule has 0 radical (unpaired) electrons. The number of benzene rings is 2. The van der Waals surface area contributed by atoms with Crippen LogP contribution < -0.4 is 20.5 Å². The number of nitrogens with one attached hydrogen (secondary N) is 2. The van der Waals surface area contributed by atoms with Crippen LogP contribution in [0.25, 0.3) is 10.9 Å². The molecule has 1 aliphatic heterocycles. The lowest BCUT2D eigenvalue weighted by Crippen LogP contribution is -2.34. The first-order valence-electron chi connectivity index (χ1n) is 11.8. The van der Waals surface area contributed by atoms with E-state index < -0.39 is 28.9 Å². The van der Waals surface area contributed by atoms with Crippen molar-refractivity contribution in [3.8, 4) is 17.6 Å². The van der Waals surface area contributed by atoms with Gasteiger partial charge in [-0.1, -0.05) is 12.0 Å². The van der Waals surface area contributed by atoms with Gasteiger partial charge in [-0.3, -0.25) is 4.90 Å². The number of halogens is 4. The standard InChI is InChI=1S/C26H27F4N5O3S/c1-34-12-10-22(20(27)15-34)33-21-6-3-7-24-19(21)13-17(35(24)16-26(28,29)30)5-4-11-32-23-9-8-18(39(31,36)37)14-25(23)38-2/h3,6-10,13-14,20,32-33H,11-12,15-16H2,1-2H3,(H2,31,36,37)/t20-/m0/s1. The second-order valence-corrected chi connectivity index (χ2v) is 10.6. The van der Waals surface area contributed by atoms with Gasteiger partial charge in [-0.25, -0.2) is 17.9 Å². The highest BCUT2D eigenvalue weighted by Gasteiger charge is 2.30. The van der Waals surface area contributed by atoms with Gasteiger partial charge >= 0.3 is 6.18 Å². The molecule has 1 aromatic heterocycles. The van der Waals surface area contributed by atoms with Crippen molar-refractivity contribution >= 4 is 32.3 Å². The van der Waals surface area contributed by atoms with Crippen LogP contribution in [0.3, 0.4) is 0 Å². The van der Waals surface area contributed by atoms with Gasteiger partial charge in [0.25, 0.3) is 0 Å². The fourth-order valence-electron chi connectivity index (χ4n) is 4.23. The number of hydrogen-bond acceptors (Lipinski definition) is 6. The molecule has 3 aromatic rings. The van der Waals surface area contributed by atoms with Crippen LogP contribution in [0, 0.1) is 11.8 Å². The number of ether oxygens (including phenoxy) is 1.